The third-order valence-corrected chi connectivity index (χ3v) is 20.4. The molecular weight excluding hydrogens is 1310 g/mol. The number of unbranched alkanes of at least 4 members (excludes halogenated alkanes) is 1. The van der Waals surface area contributed by atoms with Gasteiger partial charge in [-0.25, -0.2) is 8.78 Å². The summed E-state index contributed by atoms with van der Waals surface area (Å²) in [6, 6.07) is 8.98. The Morgan fingerprint density at radius 2 is 1.58 bits per heavy atom. The maximum atomic E-state index is 15.7. The van der Waals surface area contributed by atoms with Gasteiger partial charge < -0.3 is 46.4 Å². The molecule has 4 fully saturated rings. The van der Waals surface area contributed by atoms with E-state index in [4.69, 9.17) is 10.5 Å². The number of piperidine rings is 1. The number of alkyl halides is 4. The number of piperazine rings is 1. The van der Waals surface area contributed by atoms with Crippen molar-refractivity contribution < 1.29 is 89.0 Å². The van der Waals surface area contributed by atoms with E-state index in [-0.39, 0.29) is 90.7 Å². The van der Waals surface area contributed by atoms with Crippen LogP contribution in [0.5, 0.6) is 0 Å². The maximum Gasteiger partial charge on any atom is 0.404 e. The second kappa shape index (κ2) is 31.1. The van der Waals surface area contributed by atoms with Crippen molar-refractivity contribution in [2.75, 3.05) is 71.0 Å². The number of amides is 10. The van der Waals surface area contributed by atoms with Crippen LogP contribution in [0.4, 0.5) is 23.2 Å². The minimum Gasteiger partial charge on any atom is -0.438 e. The number of imide groups is 2. The molecule has 6 heterocycles. The highest BCUT2D eigenvalue weighted by Gasteiger charge is 2.54. The lowest BCUT2D eigenvalue weighted by Gasteiger charge is -2.39. The van der Waals surface area contributed by atoms with E-state index < -0.39 is 158 Å². The van der Waals surface area contributed by atoms with E-state index in [0.29, 0.717) is 37.4 Å². The molecule has 7 atom stereocenters. The normalized spacial score (nSPS) is 20.9. The number of nitrogens with one attached hydrogen (secondary N) is 5. The molecule has 32 heteroatoms. The number of nitrogens with zero attached hydrogens (tertiary/aromatic N) is 5. The van der Waals surface area contributed by atoms with E-state index in [2.05, 4.69) is 42.9 Å². The van der Waals surface area contributed by atoms with Crippen LogP contribution in [0.25, 0.3) is 10.1 Å². The molecule has 4 saturated heterocycles. The van der Waals surface area contributed by atoms with E-state index in [0.717, 1.165) is 59.3 Å². The summed E-state index contributed by atoms with van der Waals surface area (Å²) >= 11 is 0.800. The van der Waals surface area contributed by atoms with E-state index in [1.165, 1.54) is 42.7 Å². The van der Waals surface area contributed by atoms with Gasteiger partial charge in [-0.05, 0) is 113 Å². The number of benzene rings is 3. The second-order valence-electron chi connectivity index (χ2n) is 25.8. The van der Waals surface area contributed by atoms with Gasteiger partial charge in [-0.15, -0.1) is 11.3 Å². The molecule has 1 aromatic heterocycles. The number of anilines is 1. The Morgan fingerprint density at radius 1 is 0.856 bits per heavy atom. The Morgan fingerprint density at radius 3 is 2.26 bits per heavy atom. The van der Waals surface area contributed by atoms with Crippen molar-refractivity contribution in [3.63, 3.8) is 0 Å². The van der Waals surface area contributed by atoms with Gasteiger partial charge in [-0.1, -0.05) is 49.7 Å². The van der Waals surface area contributed by atoms with Gasteiger partial charge in [0.05, 0.1) is 28.0 Å². The van der Waals surface area contributed by atoms with Gasteiger partial charge in [0, 0.05) is 93.6 Å². The highest BCUT2D eigenvalue weighted by atomic mass is 32.1. The molecule has 5 aliphatic rings. The maximum absolute atomic E-state index is 15.7. The van der Waals surface area contributed by atoms with Crippen LogP contribution in [0.3, 0.4) is 0 Å². The molecule has 5 aliphatic heterocycles. The van der Waals surface area contributed by atoms with Gasteiger partial charge in [0.2, 0.25) is 48.1 Å². The first-order chi connectivity index (χ1) is 45.9. The van der Waals surface area contributed by atoms with Crippen LogP contribution in [-0.4, -0.2) is 203 Å². The van der Waals surface area contributed by atoms with Crippen molar-refractivity contribution in [2.24, 2.45) is 11.1 Å². The summed E-state index contributed by atoms with van der Waals surface area (Å²) in [5, 5.41) is 13.6. The molecule has 97 heavy (non-hydrogen) atoms. The lowest BCUT2D eigenvalue weighted by molar-refractivity contribution is -0.160. The van der Waals surface area contributed by atoms with Crippen molar-refractivity contribution in [3.8, 4) is 0 Å². The van der Waals surface area contributed by atoms with Crippen molar-refractivity contribution in [3.05, 3.63) is 99.4 Å². The minimum absolute atomic E-state index is 0.00261. The SMILES string of the molecule is CCCCc1ccc(C[C@H](NC(=O)[C@H](CCC(N)=O)NC(=O)[C@@H]2CC[C@@H]3CCN(CC(F)F)C[C@H](NC(=O)c4cc5cc(C(F)(F)P(=O)(O)OCOC(=O)C(C)(C)C)ccc5s4)C(=O)N32)C(=O)N2CCN(CCNc3cccc4c3C(=O)N(C3CCC(=O)NC3=O)C4=O)CC2)cc1. The van der Waals surface area contributed by atoms with Gasteiger partial charge >= 0.3 is 19.2 Å². The standard InChI is InChI=1S/C65H80F4N11O15PS/c1-5-6-8-37-11-13-38(14-12-37)31-45(60(88)78-29-27-76(28-30-78)26-24-71-43-10-7-9-42-54(43)62(90)80(59(42)87)48-19-22-53(82)75-57(48)85)73-55(83)44(17-21-52(70)81)72-56(84)47-18-16-41-23-25-77(35-51(66)67)34-46(61(89)79(41)47)74-58(86)50-33-39-32-40(15-20-49(39)97-50)65(68,69)96(92,93)95-36-94-63(91)64(2,3)4/h7,9-15,20,32-33,41,44-48,51,71H,5-6,8,16-19,21-31,34-36H2,1-4H3,(H2,70,81)(H,72,84)(H,73,83)(H,74,86)(H,92,93)(H,75,82,85)/t41-,44+,45+,46+,47+,48?/m1/s1. The Kier molecular flexibility index (Phi) is 23.4. The smallest absolute Gasteiger partial charge is 0.404 e. The van der Waals surface area contributed by atoms with Gasteiger partial charge in [0.1, 0.15) is 30.2 Å². The average Bonchev–Trinajstić information content (AvgIpc) is 1.65. The Labute approximate surface area is 560 Å². The van der Waals surface area contributed by atoms with Crippen molar-refractivity contribution in [2.45, 2.75) is 147 Å². The number of carbonyl (C=O) groups excluding carboxylic acids is 11. The van der Waals surface area contributed by atoms with Crippen LogP contribution in [0.15, 0.2) is 66.7 Å². The van der Waals surface area contributed by atoms with E-state index in [1.54, 1.807) is 17.0 Å². The molecule has 0 bridgehead atoms. The number of ether oxygens (including phenoxy) is 1. The molecule has 9 rings (SSSR count). The fourth-order valence-electron chi connectivity index (χ4n) is 12.5. The molecule has 0 saturated carbocycles. The van der Waals surface area contributed by atoms with E-state index in [9.17, 15) is 71.0 Å². The van der Waals surface area contributed by atoms with Crippen LogP contribution in [0, 0.1) is 5.41 Å². The summed E-state index contributed by atoms with van der Waals surface area (Å²) in [7, 11) is -5.85. The summed E-state index contributed by atoms with van der Waals surface area (Å²) in [6.07, 6.45) is -0.475. The number of aryl methyl sites for hydroxylation is 1. The number of nitrogens with two attached hydrogens (primary N) is 1. The number of rotatable bonds is 27. The van der Waals surface area contributed by atoms with E-state index in [1.807, 2.05) is 24.3 Å². The van der Waals surface area contributed by atoms with Gasteiger partial charge in [-0.3, -0.25) is 81.8 Å². The first-order valence-electron chi connectivity index (χ1n) is 32.2. The minimum atomic E-state index is -5.85. The van der Waals surface area contributed by atoms with Crippen molar-refractivity contribution >= 4 is 99.7 Å². The quantitative estimate of drug-likeness (QED) is 0.0141. The number of primary amides is 1. The zero-order valence-corrected chi connectivity index (χ0v) is 55.8. The summed E-state index contributed by atoms with van der Waals surface area (Å²) in [6.45, 7) is 6.00. The summed E-state index contributed by atoms with van der Waals surface area (Å²) in [5.74, 6) is -8.09. The summed E-state index contributed by atoms with van der Waals surface area (Å²) in [4.78, 5) is 167. The van der Waals surface area contributed by atoms with Crippen molar-refractivity contribution in [1.29, 1.82) is 0 Å². The number of esters is 1. The topological polar surface area (TPSA) is 346 Å². The zero-order valence-electron chi connectivity index (χ0n) is 54.1. The molecule has 0 spiro atoms. The van der Waals surface area contributed by atoms with Crippen LogP contribution in [0.2, 0.25) is 0 Å². The molecule has 26 nitrogen and oxygen atoms in total. The van der Waals surface area contributed by atoms with Crippen molar-refractivity contribution in [1.82, 2.24) is 45.8 Å². The molecule has 524 valence electrons. The third-order valence-electron chi connectivity index (χ3n) is 17.9. The lowest BCUT2D eigenvalue weighted by atomic mass is 9.98. The van der Waals surface area contributed by atoms with Crippen LogP contribution in [-0.2, 0) is 70.7 Å². The molecule has 10 amide bonds. The molecule has 3 aromatic carbocycles. The number of halogens is 4. The first kappa shape index (κ1) is 73.0. The fraction of sp³-hybridized carbons (Fsp3) is 0.523. The predicted molar refractivity (Wildman–Crippen MR) is 345 cm³/mol. The average molecular weight is 1390 g/mol. The number of hydrogen-bond acceptors (Lipinski definition) is 18. The molecular formula is C65H80F4N11O15PS. The zero-order chi connectivity index (χ0) is 70.3. The molecule has 0 radical (unpaired) electrons. The molecule has 4 aromatic rings. The van der Waals surface area contributed by atoms with Crippen LogP contribution >= 0.6 is 18.9 Å². The number of carbonyl (C=O) groups is 11. The highest BCUT2D eigenvalue weighted by Crippen LogP contribution is 2.63. The first-order valence-corrected chi connectivity index (χ1v) is 34.6. The van der Waals surface area contributed by atoms with Crippen LogP contribution in [0.1, 0.15) is 133 Å². The number of thiophene rings is 1. The highest BCUT2D eigenvalue weighted by molar-refractivity contribution is 7.53. The Balaban J connectivity index is 0.871. The second-order valence-corrected chi connectivity index (χ2v) is 28.8. The Bertz CT molecular complexity index is 3740. The monoisotopic (exact) mass is 1390 g/mol. The van der Waals surface area contributed by atoms with Crippen LogP contribution < -0.4 is 32.3 Å². The summed E-state index contributed by atoms with van der Waals surface area (Å²) < 4.78 is 81.8. The molecule has 2 unspecified atom stereocenters. The third kappa shape index (κ3) is 17.4. The number of hydrogen-bond donors (Lipinski definition) is 7. The summed E-state index contributed by atoms with van der Waals surface area (Å²) in [5.41, 5.74) is 1.39. The lowest BCUT2D eigenvalue weighted by Crippen LogP contribution is -2.62. The van der Waals surface area contributed by atoms with Gasteiger partial charge in [-0.2, -0.15) is 8.78 Å². The largest absolute Gasteiger partial charge is 0.438 e. The Hall–Kier alpha value is -8.22. The van der Waals surface area contributed by atoms with Gasteiger partial charge in [0.15, 0.2) is 0 Å². The molecule has 0 aliphatic carbocycles. The fourth-order valence-corrected chi connectivity index (χ4v) is 14.3. The van der Waals surface area contributed by atoms with Gasteiger partial charge in [0.25, 0.3) is 24.1 Å². The predicted octanol–water partition coefficient (Wildman–Crippen LogP) is 4.61. The molecule has 8 N–H and O–H groups in total. The number of fused-ring (bicyclic) bond motifs is 3. The van der Waals surface area contributed by atoms with E-state index >= 15 is 8.78 Å².